The zero-order valence-corrected chi connectivity index (χ0v) is 13.8. The summed E-state index contributed by atoms with van der Waals surface area (Å²) >= 11 is 1.56. The number of fused-ring (bicyclic) bond motifs is 1. The largest absolute Gasteiger partial charge is 0.363 e. The van der Waals surface area contributed by atoms with E-state index in [1.165, 1.54) is 0 Å². The number of aromatic nitrogens is 3. The number of hydrogen-bond donors (Lipinski definition) is 2. The minimum atomic E-state index is -0.238. The molecule has 3 rings (SSSR count). The summed E-state index contributed by atoms with van der Waals surface area (Å²) in [6, 6.07) is 5.50. The number of carbonyl (C=O) groups is 1. The summed E-state index contributed by atoms with van der Waals surface area (Å²) in [7, 11) is 3.86. The third kappa shape index (κ3) is 3.78. The van der Waals surface area contributed by atoms with Gasteiger partial charge in [-0.05, 0) is 12.1 Å². The van der Waals surface area contributed by atoms with E-state index in [2.05, 4.69) is 20.6 Å². The summed E-state index contributed by atoms with van der Waals surface area (Å²) in [5.74, 6) is 0.864. The number of hydrogen-bond acceptors (Lipinski definition) is 5. The summed E-state index contributed by atoms with van der Waals surface area (Å²) in [4.78, 5) is 23.6. The van der Waals surface area contributed by atoms with Gasteiger partial charge in [0.15, 0.2) is 4.96 Å². The predicted octanol–water partition coefficient (Wildman–Crippen LogP) is 1.86. The van der Waals surface area contributed by atoms with Crippen LogP contribution in [0.1, 0.15) is 11.4 Å². The van der Waals surface area contributed by atoms with Crippen LogP contribution in [0.15, 0.2) is 36.0 Å². The number of carbonyl (C=O) groups excluding carboxylic acids is 1. The quantitative estimate of drug-likeness (QED) is 0.749. The molecule has 0 atom stereocenters. The lowest BCUT2D eigenvalue weighted by atomic mass is 10.3. The van der Waals surface area contributed by atoms with Crippen LogP contribution >= 0.6 is 11.3 Å². The van der Waals surface area contributed by atoms with Gasteiger partial charge in [-0.15, -0.1) is 11.3 Å². The van der Waals surface area contributed by atoms with Crippen molar-refractivity contribution in [3.8, 4) is 0 Å². The Bertz CT molecular complexity index is 781. The van der Waals surface area contributed by atoms with Gasteiger partial charge in [0, 0.05) is 31.9 Å². The highest BCUT2D eigenvalue weighted by molar-refractivity contribution is 7.15. The molecule has 0 unspecified atom stereocenters. The maximum atomic E-state index is 11.9. The molecule has 3 aromatic rings. The number of nitrogens with one attached hydrogen (secondary N) is 2. The second kappa shape index (κ2) is 6.66. The van der Waals surface area contributed by atoms with Gasteiger partial charge in [-0.2, -0.15) is 0 Å². The minimum Gasteiger partial charge on any atom is -0.363 e. The van der Waals surface area contributed by atoms with Gasteiger partial charge >= 0.3 is 6.03 Å². The van der Waals surface area contributed by atoms with Gasteiger partial charge in [-0.25, -0.2) is 14.8 Å². The van der Waals surface area contributed by atoms with Crippen molar-refractivity contribution in [1.82, 2.24) is 25.0 Å². The Balaban J connectivity index is 1.49. The van der Waals surface area contributed by atoms with Crippen LogP contribution < -0.4 is 15.5 Å². The average molecular weight is 330 g/mol. The molecule has 0 aliphatic heterocycles. The number of thiazole rings is 1. The third-order valence-electron chi connectivity index (χ3n) is 3.25. The third-order valence-corrected chi connectivity index (χ3v) is 4.02. The molecular weight excluding hydrogens is 312 g/mol. The first-order chi connectivity index (χ1) is 11.1. The molecule has 0 bridgehead atoms. The second-order valence-electron chi connectivity index (χ2n) is 5.24. The van der Waals surface area contributed by atoms with Crippen molar-refractivity contribution in [2.24, 2.45) is 0 Å². The normalized spacial score (nSPS) is 10.7. The summed E-state index contributed by atoms with van der Waals surface area (Å²) < 4.78 is 1.94. The first kappa shape index (κ1) is 15.3. The molecule has 0 radical (unpaired) electrons. The molecule has 0 saturated carbocycles. The zero-order valence-electron chi connectivity index (χ0n) is 13.0. The van der Waals surface area contributed by atoms with Gasteiger partial charge in [0.2, 0.25) is 0 Å². The molecule has 0 spiro atoms. The first-order valence-corrected chi connectivity index (χ1v) is 8.06. The Hall–Kier alpha value is -2.61. The Labute approximate surface area is 138 Å². The summed E-state index contributed by atoms with van der Waals surface area (Å²) in [5, 5.41) is 7.57. The average Bonchev–Trinajstić information content (AvgIpc) is 3.12. The van der Waals surface area contributed by atoms with Gasteiger partial charge in [-0.3, -0.25) is 4.40 Å². The van der Waals surface area contributed by atoms with E-state index in [4.69, 9.17) is 0 Å². The predicted molar refractivity (Wildman–Crippen MR) is 90.7 cm³/mol. The molecule has 8 heteroatoms. The molecule has 2 N–H and O–H groups in total. The van der Waals surface area contributed by atoms with Crippen molar-refractivity contribution in [2.75, 3.05) is 19.0 Å². The number of anilines is 1. The minimum absolute atomic E-state index is 0.238. The van der Waals surface area contributed by atoms with E-state index in [0.717, 1.165) is 22.2 Å². The van der Waals surface area contributed by atoms with Crippen molar-refractivity contribution in [1.29, 1.82) is 0 Å². The number of amides is 2. The van der Waals surface area contributed by atoms with Crippen LogP contribution in [0.3, 0.4) is 0 Å². The summed E-state index contributed by atoms with van der Waals surface area (Å²) in [5.41, 5.74) is 1.65. The number of urea groups is 1. The van der Waals surface area contributed by atoms with E-state index in [-0.39, 0.29) is 6.03 Å². The summed E-state index contributed by atoms with van der Waals surface area (Å²) in [6.07, 6.45) is 3.86. The van der Waals surface area contributed by atoms with Crippen molar-refractivity contribution >= 4 is 28.1 Å². The number of rotatable bonds is 5. The van der Waals surface area contributed by atoms with Crippen molar-refractivity contribution in [2.45, 2.75) is 13.1 Å². The fourth-order valence-corrected chi connectivity index (χ4v) is 2.80. The van der Waals surface area contributed by atoms with E-state index in [0.29, 0.717) is 13.1 Å². The lowest BCUT2D eigenvalue weighted by Gasteiger charge is -2.12. The lowest BCUT2D eigenvalue weighted by Crippen LogP contribution is -2.34. The molecule has 3 heterocycles. The maximum Gasteiger partial charge on any atom is 0.315 e. The highest BCUT2D eigenvalue weighted by atomic mass is 32.1. The molecular formula is C15H18N6OS. The van der Waals surface area contributed by atoms with Crippen LogP contribution in [0.25, 0.3) is 4.96 Å². The van der Waals surface area contributed by atoms with Crippen LogP contribution in [0, 0.1) is 0 Å². The van der Waals surface area contributed by atoms with E-state index in [1.807, 2.05) is 59.4 Å². The summed E-state index contributed by atoms with van der Waals surface area (Å²) in [6.45, 7) is 0.775. The highest BCUT2D eigenvalue weighted by Crippen LogP contribution is 2.11. The van der Waals surface area contributed by atoms with Crippen LogP contribution in [0.4, 0.5) is 10.6 Å². The highest BCUT2D eigenvalue weighted by Gasteiger charge is 2.06. The van der Waals surface area contributed by atoms with Gasteiger partial charge in [-0.1, -0.05) is 6.07 Å². The molecule has 0 aromatic carbocycles. The molecule has 0 saturated heterocycles. The van der Waals surface area contributed by atoms with Crippen LogP contribution in [0.2, 0.25) is 0 Å². The van der Waals surface area contributed by atoms with Crippen LogP contribution in [0.5, 0.6) is 0 Å². The van der Waals surface area contributed by atoms with Crippen molar-refractivity contribution in [3.05, 3.63) is 47.4 Å². The molecule has 7 nitrogen and oxygen atoms in total. The zero-order chi connectivity index (χ0) is 16.2. The van der Waals surface area contributed by atoms with E-state index < -0.39 is 0 Å². The standard InChI is InChI=1S/C15H18N6OS/c1-20(2)13-5-3-4-11(18-13)8-16-14(22)17-9-12-10-21-6-7-23-15(21)19-12/h3-7,10H,8-9H2,1-2H3,(H2,16,17,22). The van der Waals surface area contributed by atoms with Crippen molar-refractivity contribution in [3.63, 3.8) is 0 Å². The van der Waals surface area contributed by atoms with E-state index in [1.54, 1.807) is 11.3 Å². The van der Waals surface area contributed by atoms with Gasteiger partial charge < -0.3 is 15.5 Å². The Kier molecular flexibility index (Phi) is 4.42. The topological polar surface area (TPSA) is 74.6 Å². The smallest absolute Gasteiger partial charge is 0.315 e. The molecule has 120 valence electrons. The van der Waals surface area contributed by atoms with Crippen molar-refractivity contribution < 1.29 is 4.79 Å². The Morgan fingerprint density at radius 3 is 2.74 bits per heavy atom. The van der Waals surface area contributed by atoms with Gasteiger partial charge in [0.05, 0.1) is 24.5 Å². The monoisotopic (exact) mass is 330 g/mol. The Morgan fingerprint density at radius 2 is 2.00 bits per heavy atom. The molecule has 3 aromatic heterocycles. The van der Waals surface area contributed by atoms with E-state index in [9.17, 15) is 4.79 Å². The number of nitrogens with zero attached hydrogens (tertiary/aromatic N) is 4. The lowest BCUT2D eigenvalue weighted by molar-refractivity contribution is 0.240. The fraction of sp³-hybridized carbons (Fsp3) is 0.267. The number of pyridine rings is 1. The second-order valence-corrected chi connectivity index (χ2v) is 6.12. The first-order valence-electron chi connectivity index (χ1n) is 7.18. The van der Waals surface area contributed by atoms with Crippen LogP contribution in [-0.4, -0.2) is 34.5 Å². The van der Waals surface area contributed by atoms with Gasteiger partial charge in [0.25, 0.3) is 0 Å². The molecule has 0 fully saturated rings. The molecule has 0 aliphatic carbocycles. The molecule has 23 heavy (non-hydrogen) atoms. The Morgan fingerprint density at radius 1 is 1.22 bits per heavy atom. The molecule has 0 aliphatic rings. The van der Waals surface area contributed by atoms with E-state index >= 15 is 0 Å². The SMILES string of the molecule is CN(C)c1cccc(CNC(=O)NCc2cn3ccsc3n2)n1. The van der Waals surface area contributed by atoms with Gasteiger partial charge in [0.1, 0.15) is 5.82 Å². The molecule has 2 amide bonds. The maximum absolute atomic E-state index is 11.9. The van der Waals surface area contributed by atoms with Crippen LogP contribution in [-0.2, 0) is 13.1 Å². The fourth-order valence-electron chi connectivity index (χ4n) is 2.08. The number of imidazole rings is 1.